The summed E-state index contributed by atoms with van der Waals surface area (Å²) >= 11 is 14.1. The molecule has 0 atom stereocenters. The van der Waals surface area contributed by atoms with Crippen molar-refractivity contribution in [3.8, 4) is 0 Å². The Morgan fingerprint density at radius 2 is 1.94 bits per heavy atom. The fourth-order valence-corrected chi connectivity index (χ4v) is 5.41. The van der Waals surface area contributed by atoms with Crippen molar-refractivity contribution in [2.45, 2.75) is 68.4 Å². The van der Waals surface area contributed by atoms with Gasteiger partial charge in [0.05, 0.1) is 20.6 Å². The van der Waals surface area contributed by atoms with Gasteiger partial charge < -0.3 is 15.0 Å². The molecule has 0 saturated carbocycles. The predicted octanol–water partition coefficient (Wildman–Crippen LogP) is 6.38. The monoisotopic (exact) mass is 521 g/mol. The first kappa shape index (κ1) is 24.9. The lowest BCUT2D eigenvalue weighted by Crippen LogP contribution is -2.54. The highest BCUT2D eigenvalue weighted by atomic mass is 35.5. The van der Waals surface area contributed by atoms with E-state index >= 15 is 0 Å². The first-order chi connectivity index (χ1) is 16.0. The quantitative estimate of drug-likeness (QED) is 0.429. The largest absolute Gasteiger partial charge is 0.444 e. The minimum Gasteiger partial charge on any atom is -0.444 e. The second-order valence-corrected chi connectivity index (χ2v) is 11.6. The molecule has 0 radical (unpaired) electrons. The fourth-order valence-electron chi connectivity index (χ4n) is 3.94. The van der Waals surface area contributed by atoms with Gasteiger partial charge in [0.15, 0.2) is 5.65 Å². The van der Waals surface area contributed by atoms with Crippen molar-refractivity contribution >= 4 is 52.7 Å². The van der Waals surface area contributed by atoms with Gasteiger partial charge in [-0.05, 0) is 59.6 Å². The Morgan fingerprint density at radius 3 is 2.62 bits per heavy atom. The summed E-state index contributed by atoms with van der Waals surface area (Å²) in [6.45, 7) is 11.1. The van der Waals surface area contributed by atoms with E-state index in [9.17, 15) is 4.79 Å². The molecule has 4 rings (SSSR count). The van der Waals surface area contributed by atoms with Crippen LogP contribution in [0.4, 0.5) is 10.7 Å². The molecule has 1 saturated heterocycles. The first-order valence-corrected chi connectivity index (χ1v) is 12.7. The van der Waals surface area contributed by atoms with Crippen LogP contribution in [0.2, 0.25) is 10.0 Å². The number of imidazole rings is 1. The second-order valence-electron chi connectivity index (χ2n) is 9.78. The topological polar surface area (TPSA) is 71.8 Å². The van der Waals surface area contributed by atoms with Crippen LogP contribution in [0.1, 0.15) is 46.2 Å². The zero-order valence-electron chi connectivity index (χ0n) is 20.0. The molecule has 34 heavy (non-hydrogen) atoms. The van der Waals surface area contributed by atoms with E-state index in [1.54, 1.807) is 12.3 Å². The van der Waals surface area contributed by atoms with Gasteiger partial charge in [0.2, 0.25) is 5.95 Å². The number of benzene rings is 1. The molecule has 182 valence electrons. The molecular formula is C24H29Cl2N5O2S. The summed E-state index contributed by atoms with van der Waals surface area (Å²) in [6.07, 6.45) is 4.88. The van der Waals surface area contributed by atoms with E-state index in [-0.39, 0.29) is 11.6 Å². The highest BCUT2D eigenvalue weighted by Gasteiger charge is 2.34. The molecule has 7 nitrogen and oxygen atoms in total. The standard InChI is InChI=1S/C24H29Cl2N5O2S/c1-15-19(34-17-8-6-7-16(25)18(17)26)20-27-11-14-31(20)21(28-15)30-12-9-24(5,10-13-30)29-22(32)33-23(2,3)4/h6-8,11,14H,9-10,12-13H2,1-5H3,(H,29,32). The number of nitrogens with one attached hydrogen (secondary N) is 1. The number of carbonyl (C=O) groups is 1. The Labute approximate surface area is 214 Å². The number of rotatable bonds is 4. The molecule has 1 aromatic carbocycles. The smallest absolute Gasteiger partial charge is 0.408 e. The number of halogens is 2. The lowest BCUT2D eigenvalue weighted by atomic mass is 9.90. The molecule has 1 amide bonds. The van der Waals surface area contributed by atoms with Gasteiger partial charge in [-0.15, -0.1) is 0 Å². The fraction of sp³-hybridized carbons (Fsp3) is 0.458. The summed E-state index contributed by atoms with van der Waals surface area (Å²) in [7, 11) is 0. The Morgan fingerprint density at radius 1 is 1.24 bits per heavy atom. The zero-order chi connectivity index (χ0) is 24.7. The lowest BCUT2D eigenvalue weighted by Gasteiger charge is -2.40. The van der Waals surface area contributed by atoms with E-state index in [0.29, 0.717) is 10.0 Å². The molecule has 10 heteroatoms. The van der Waals surface area contributed by atoms with Crippen LogP contribution in [0.15, 0.2) is 40.4 Å². The van der Waals surface area contributed by atoms with Gasteiger partial charge in [0.1, 0.15) is 5.60 Å². The average Bonchev–Trinajstić information content (AvgIpc) is 3.22. The number of ether oxygens (including phenoxy) is 1. The molecule has 1 fully saturated rings. The maximum absolute atomic E-state index is 12.3. The third-order valence-corrected chi connectivity index (χ3v) is 7.91. The third kappa shape index (κ3) is 5.39. The average molecular weight is 523 g/mol. The van der Waals surface area contributed by atoms with Crippen LogP contribution >= 0.6 is 35.0 Å². The summed E-state index contributed by atoms with van der Waals surface area (Å²) in [5, 5.41) is 4.10. The van der Waals surface area contributed by atoms with Crippen molar-refractivity contribution in [1.29, 1.82) is 0 Å². The molecule has 0 spiro atoms. The van der Waals surface area contributed by atoms with Crippen LogP contribution in [-0.4, -0.2) is 44.7 Å². The van der Waals surface area contributed by atoms with Gasteiger partial charge in [-0.1, -0.05) is 41.0 Å². The van der Waals surface area contributed by atoms with Crippen LogP contribution < -0.4 is 10.2 Å². The number of hydrogen-bond donors (Lipinski definition) is 1. The molecular weight excluding hydrogens is 493 g/mol. The highest BCUT2D eigenvalue weighted by Crippen LogP contribution is 2.40. The molecule has 0 unspecified atom stereocenters. The Bertz CT molecular complexity index is 1220. The number of nitrogens with zero attached hydrogens (tertiary/aromatic N) is 4. The number of fused-ring (bicyclic) bond motifs is 1. The van der Waals surface area contributed by atoms with Crippen LogP contribution in [0.25, 0.3) is 5.65 Å². The number of aromatic nitrogens is 3. The Hall–Kier alpha value is -2.16. The van der Waals surface area contributed by atoms with Crippen molar-refractivity contribution in [2.24, 2.45) is 0 Å². The van der Waals surface area contributed by atoms with Crippen LogP contribution in [0.3, 0.4) is 0 Å². The summed E-state index contributed by atoms with van der Waals surface area (Å²) in [4.78, 5) is 25.9. The molecule has 1 N–H and O–H groups in total. The van der Waals surface area contributed by atoms with E-state index in [2.05, 4.69) is 22.1 Å². The molecule has 0 aliphatic carbocycles. The van der Waals surface area contributed by atoms with Crippen molar-refractivity contribution in [3.05, 3.63) is 46.3 Å². The third-order valence-electron chi connectivity index (χ3n) is 5.74. The van der Waals surface area contributed by atoms with E-state index in [1.165, 1.54) is 11.8 Å². The number of anilines is 1. The molecule has 0 bridgehead atoms. The normalized spacial score (nSPS) is 16.0. The predicted molar refractivity (Wildman–Crippen MR) is 138 cm³/mol. The zero-order valence-corrected chi connectivity index (χ0v) is 22.3. The summed E-state index contributed by atoms with van der Waals surface area (Å²) < 4.78 is 7.46. The van der Waals surface area contributed by atoms with E-state index in [4.69, 9.17) is 32.9 Å². The number of amides is 1. The number of alkyl carbamates (subject to hydrolysis) is 1. The Balaban J connectivity index is 1.54. The molecule has 1 aliphatic rings. The van der Waals surface area contributed by atoms with Crippen molar-refractivity contribution in [1.82, 2.24) is 19.7 Å². The van der Waals surface area contributed by atoms with Crippen LogP contribution in [0.5, 0.6) is 0 Å². The van der Waals surface area contributed by atoms with Crippen molar-refractivity contribution in [3.63, 3.8) is 0 Å². The number of carbonyl (C=O) groups excluding carboxylic acids is 1. The summed E-state index contributed by atoms with van der Waals surface area (Å²) in [6, 6.07) is 5.59. The summed E-state index contributed by atoms with van der Waals surface area (Å²) in [5.74, 6) is 0.839. The molecule has 3 aromatic rings. The minimum atomic E-state index is -0.523. The number of piperidine rings is 1. The van der Waals surface area contributed by atoms with Gasteiger partial charge in [-0.3, -0.25) is 4.40 Å². The number of hydrogen-bond acceptors (Lipinski definition) is 6. The molecule has 2 aromatic heterocycles. The Kier molecular flexibility index (Phi) is 6.95. The lowest BCUT2D eigenvalue weighted by molar-refractivity contribution is 0.0448. The van der Waals surface area contributed by atoms with Gasteiger partial charge >= 0.3 is 6.09 Å². The summed E-state index contributed by atoms with van der Waals surface area (Å²) in [5.41, 5.74) is 0.838. The van der Waals surface area contributed by atoms with Gasteiger partial charge in [0.25, 0.3) is 0 Å². The molecule has 3 heterocycles. The van der Waals surface area contributed by atoms with Gasteiger partial charge in [0, 0.05) is 35.9 Å². The van der Waals surface area contributed by atoms with E-state index in [0.717, 1.165) is 53.0 Å². The van der Waals surface area contributed by atoms with Gasteiger partial charge in [-0.25, -0.2) is 14.8 Å². The van der Waals surface area contributed by atoms with E-state index < -0.39 is 5.60 Å². The van der Waals surface area contributed by atoms with Crippen molar-refractivity contribution < 1.29 is 9.53 Å². The van der Waals surface area contributed by atoms with Crippen LogP contribution in [0, 0.1) is 6.92 Å². The van der Waals surface area contributed by atoms with Gasteiger partial charge in [-0.2, -0.15) is 0 Å². The highest BCUT2D eigenvalue weighted by molar-refractivity contribution is 7.99. The first-order valence-electron chi connectivity index (χ1n) is 11.2. The maximum Gasteiger partial charge on any atom is 0.408 e. The number of aryl methyl sites for hydroxylation is 1. The molecule has 1 aliphatic heterocycles. The van der Waals surface area contributed by atoms with Crippen LogP contribution in [-0.2, 0) is 4.74 Å². The van der Waals surface area contributed by atoms with E-state index in [1.807, 2.05) is 50.4 Å². The second kappa shape index (κ2) is 9.47. The minimum absolute atomic E-state index is 0.332. The SMILES string of the molecule is Cc1nc(N2CCC(C)(NC(=O)OC(C)(C)C)CC2)n2ccnc2c1Sc1cccc(Cl)c1Cl. The van der Waals surface area contributed by atoms with Crippen molar-refractivity contribution in [2.75, 3.05) is 18.0 Å². The maximum atomic E-state index is 12.3.